The van der Waals surface area contributed by atoms with Gasteiger partial charge in [-0.15, -0.1) is 0 Å². The molecule has 0 saturated carbocycles. The van der Waals surface area contributed by atoms with Gasteiger partial charge in [0.2, 0.25) is 5.91 Å². The van der Waals surface area contributed by atoms with Crippen molar-refractivity contribution in [2.24, 2.45) is 5.92 Å². The first-order valence-electron chi connectivity index (χ1n) is 11.7. The first-order chi connectivity index (χ1) is 16.9. The SMILES string of the molecule is CC1C(CSCCO)OC(c2ccc(CNC(=O)CCC(=O)O)cc2)OC1c1ccc(CO)cc1. The Morgan fingerprint density at radius 2 is 1.60 bits per heavy atom. The maximum Gasteiger partial charge on any atom is 0.303 e. The monoisotopic (exact) mass is 503 g/mol. The van der Waals surface area contributed by atoms with E-state index in [0.717, 1.165) is 28.0 Å². The summed E-state index contributed by atoms with van der Waals surface area (Å²) in [6.45, 7) is 2.51. The number of amides is 1. The average Bonchev–Trinajstić information content (AvgIpc) is 2.87. The summed E-state index contributed by atoms with van der Waals surface area (Å²) in [5.41, 5.74) is 3.59. The topological polar surface area (TPSA) is 125 Å². The minimum atomic E-state index is -0.998. The Bertz CT molecular complexity index is 951. The lowest BCUT2D eigenvalue weighted by Gasteiger charge is -2.41. The molecular weight excluding hydrogens is 470 g/mol. The van der Waals surface area contributed by atoms with Gasteiger partial charge in [-0.3, -0.25) is 9.59 Å². The highest BCUT2D eigenvalue weighted by molar-refractivity contribution is 7.99. The summed E-state index contributed by atoms with van der Waals surface area (Å²) in [6.07, 6.45) is -1.10. The van der Waals surface area contributed by atoms with Gasteiger partial charge in [0.05, 0.1) is 31.8 Å². The number of ether oxygens (including phenoxy) is 2. The third-order valence-corrected chi connectivity index (χ3v) is 6.98. The molecule has 1 amide bonds. The zero-order valence-corrected chi connectivity index (χ0v) is 20.6. The molecule has 1 heterocycles. The van der Waals surface area contributed by atoms with Gasteiger partial charge in [-0.2, -0.15) is 11.8 Å². The zero-order chi connectivity index (χ0) is 25.2. The highest BCUT2D eigenvalue weighted by atomic mass is 32.2. The largest absolute Gasteiger partial charge is 0.481 e. The molecule has 1 aliphatic heterocycles. The summed E-state index contributed by atoms with van der Waals surface area (Å²) >= 11 is 1.64. The van der Waals surface area contributed by atoms with E-state index in [1.165, 1.54) is 0 Å². The van der Waals surface area contributed by atoms with Gasteiger partial charge in [0.25, 0.3) is 0 Å². The molecule has 4 atom stereocenters. The number of carboxylic acid groups (broad SMARTS) is 1. The van der Waals surface area contributed by atoms with E-state index in [2.05, 4.69) is 12.2 Å². The van der Waals surface area contributed by atoms with Gasteiger partial charge in [0.15, 0.2) is 6.29 Å². The Morgan fingerprint density at radius 3 is 2.23 bits per heavy atom. The second-order valence-electron chi connectivity index (χ2n) is 8.53. The maximum absolute atomic E-state index is 11.8. The predicted octanol–water partition coefficient (Wildman–Crippen LogP) is 3.18. The lowest BCUT2D eigenvalue weighted by atomic mass is 9.91. The van der Waals surface area contributed by atoms with E-state index in [-0.39, 0.29) is 50.1 Å². The number of rotatable bonds is 12. The second kappa shape index (κ2) is 13.6. The molecule has 0 bridgehead atoms. The summed E-state index contributed by atoms with van der Waals surface area (Å²) in [7, 11) is 0. The highest BCUT2D eigenvalue weighted by Gasteiger charge is 2.38. The zero-order valence-electron chi connectivity index (χ0n) is 19.8. The Balaban J connectivity index is 1.70. The number of aliphatic hydroxyl groups is 2. The minimum Gasteiger partial charge on any atom is -0.481 e. The summed E-state index contributed by atoms with van der Waals surface area (Å²) in [4.78, 5) is 22.4. The molecule has 3 rings (SSSR count). The van der Waals surface area contributed by atoms with Crippen LogP contribution in [-0.4, -0.2) is 51.4 Å². The first-order valence-corrected chi connectivity index (χ1v) is 12.8. The molecule has 0 aliphatic carbocycles. The van der Waals surface area contributed by atoms with E-state index in [4.69, 9.17) is 14.6 Å². The molecule has 2 aromatic carbocycles. The van der Waals surface area contributed by atoms with Crippen LogP contribution < -0.4 is 5.32 Å². The van der Waals surface area contributed by atoms with Crippen LogP contribution in [0.5, 0.6) is 0 Å². The highest BCUT2D eigenvalue weighted by Crippen LogP contribution is 2.42. The number of benzene rings is 2. The molecule has 1 aliphatic rings. The van der Waals surface area contributed by atoms with Crippen LogP contribution in [0.15, 0.2) is 48.5 Å². The lowest BCUT2D eigenvalue weighted by molar-refractivity contribution is -0.268. The molecule has 0 radical (unpaired) electrons. The quantitative estimate of drug-likeness (QED) is 0.326. The normalized spacial score (nSPS) is 22.0. The number of thioether (sulfide) groups is 1. The third-order valence-electron chi connectivity index (χ3n) is 5.95. The fourth-order valence-electron chi connectivity index (χ4n) is 3.88. The molecule has 0 aromatic heterocycles. The van der Waals surface area contributed by atoms with Crippen molar-refractivity contribution in [2.75, 3.05) is 18.1 Å². The van der Waals surface area contributed by atoms with Crippen molar-refractivity contribution in [3.8, 4) is 0 Å². The fourth-order valence-corrected chi connectivity index (χ4v) is 4.79. The van der Waals surface area contributed by atoms with Gasteiger partial charge in [-0.05, 0) is 16.7 Å². The van der Waals surface area contributed by atoms with Crippen molar-refractivity contribution < 1.29 is 34.4 Å². The van der Waals surface area contributed by atoms with Crippen LogP contribution >= 0.6 is 11.8 Å². The molecule has 4 N–H and O–H groups in total. The van der Waals surface area contributed by atoms with Gasteiger partial charge >= 0.3 is 5.97 Å². The van der Waals surface area contributed by atoms with Gasteiger partial charge in [-0.1, -0.05) is 55.5 Å². The molecule has 2 aromatic rings. The number of carboxylic acids is 1. The van der Waals surface area contributed by atoms with Crippen LogP contribution in [0.1, 0.15) is 54.4 Å². The molecule has 1 saturated heterocycles. The van der Waals surface area contributed by atoms with E-state index >= 15 is 0 Å². The Hall–Kier alpha value is -2.43. The number of hydrogen-bond donors (Lipinski definition) is 4. The maximum atomic E-state index is 11.8. The number of aliphatic hydroxyl groups excluding tert-OH is 2. The van der Waals surface area contributed by atoms with Crippen LogP contribution in [0.3, 0.4) is 0 Å². The lowest BCUT2D eigenvalue weighted by Crippen LogP contribution is -2.38. The van der Waals surface area contributed by atoms with Crippen molar-refractivity contribution in [3.05, 3.63) is 70.8 Å². The first kappa shape index (κ1) is 27.2. The molecule has 0 spiro atoms. The fraction of sp³-hybridized carbons (Fsp3) is 0.462. The Kier molecular flexibility index (Phi) is 10.6. The van der Waals surface area contributed by atoms with Crippen molar-refractivity contribution in [1.29, 1.82) is 0 Å². The summed E-state index contributed by atoms with van der Waals surface area (Å²) in [5.74, 6) is 0.149. The molecular formula is C26H33NO7S. The van der Waals surface area contributed by atoms with Gasteiger partial charge < -0.3 is 30.1 Å². The van der Waals surface area contributed by atoms with E-state index in [1.807, 2.05) is 48.5 Å². The molecule has 190 valence electrons. The summed E-state index contributed by atoms with van der Waals surface area (Å²) < 4.78 is 12.7. The van der Waals surface area contributed by atoms with Crippen LogP contribution in [0.25, 0.3) is 0 Å². The Morgan fingerprint density at radius 1 is 0.943 bits per heavy atom. The van der Waals surface area contributed by atoms with Crippen molar-refractivity contribution >= 4 is 23.6 Å². The average molecular weight is 504 g/mol. The number of carbonyl (C=O) groups is 2. The van der Waals surface area contributed by atoms with Gasteiger partial charge in [0.1, 0.15) is 0 Å². The molecule has 35 heavy (non-hydrogen) atoms. The second-order valence-corrected chi connectivity index (χ2v) is 9.68. The minimum absolute atomic E-state index is 0.0140. The van der Waals surface area contributed by atoms with Gasteiger partial charge in [-0.25, -0.2) is 0 Å². The van der Waals surface area contributed by atoms with Crippen LogP contribution in [-0.2, 0) is 32.2 Å². The summed E-state index contributed by atoms with van der Waals surface area (Å²) in [6, 6.07) is 15.3. The van der Waals surface area contributed by atoms with E-state index < -0.39 is 12.3 Å². The number of hydrogen-bond acceptors (Lipinski definition) is 7. The van der Waals surface area contributed by atoms with E-state index in [0.29, 0.717) is 12.3 Å². The predicted molar refractivity (Wildman–Crippen MR) is 133 cm³/mol. The van der Waals surface area contributed by atoms with Crippen molar-refractivity contribution in [2.45, 2.75) is 51.4 Å². The van der Waals surface area contributed by atoms with Gasteiger partial charge in [0, 0.05) is 36.0 Å². The molecule has 8 nitrogen and oxygen atoms in total. The third kappa shape index (κ3) is 8.05. The Labute approximate surface area is 209 Å². The summed E-state index contributed by atoms with van der Waals surface area (Å²) in [5, 5.41) is 29.9. The number of carbonyl (C=O) groups excluding carboxylic acids is 1. The number of nitrogens with one attached hydrogen (secondary N) is 1. The van der Waals surface area contributed by atoms with Crippen LogP contribution in [0, 0.1) is 5.92 Å². The smallest absolute Gasteiger partial charge is 0.303 e. The molecule has 9 heteroatoms. The van der Waals surface area contributed by atoms with Crippen molar-refractivity contribution in [1.82, 2.24) is 5.32 Å². The molecule has 4 unspecified atom stereocenters. The van der Waals surface area contributed by atoms with Crippen LogP contribution in [0.4, 0.5) is 0 Å². The standard InChI is InChI=1S/C26H33NO7S/c1-17-22(16-35-13-12-28)33-26(34-25(17)20-6-4-19(15-29)5-7-20)21-8-2-18(3-9-21)14-27-23(30)10-11-24(31)32/h2-9,17,22,25-26,28-29H,10-16H2,1H3,(H,27,30)(H,31,32). The number of aliphatic carboxylic acids is 1. The van der Waals surface area contributed by atoms with E-state index in [9.17, 15) is 19.8 Å². The van der Waals surface area contributed by atoms with E-state index in [1.54, 1.807) is 11.8 Å². The molecule has 1 fully saturated rings. The van der Waals surface area contributed by atoms with Crippen molar-refractivity contribution in [3.63, 3.8) is 0 Å². The van der Waals surface area contributed by atoms with Crippen LogP contribution in [0.2, 0.25) is 0 Å².